The predicted molar refractivity (Wildman–Crippen MR) is 181 cm³/mol. The van der Waals surface area contributed by atoms with Crippen LogP contribution in [0.25, 0.3) is 0 Å². The molecule has 2 aromatic rings. The Morgan fingerprint density at radius 1 is 1.00 bits per heavy atom. The molecule has 48 heavy (non-hydrogen) atoms. The smallest absolute Gasteiger partial charge is 0.313 e. The normalized spacial score (nSPS) is 30.6. The number of nitrogens with one attached hydrogen (secondary N) is 1. The van der Waals surface area contributed by atoms with Crippen LogP contribution in [0.3, 0.4) is 0 Å². The number of nitrogens with zero attached hydrogens (tertiary/aromatic N) is 2. The highest BCUT2D eigenvalue weighted by atomic mass is 79.9. The zero-order chi connectivity index (χ0) is 34.0. The summed E-state index contributed by atoms with van der Waals surface area (Å²) in [7, 11) is 0. The van der Waals surface area contributed by atoms with Gasteiger partial charge in [0.25, 0.3) is 0 Å². The standard InChI is InChI=1S/C37H42BrN3O7/c1-23(2)18-26(22-42)41-33-35(45)40(21-24-12-6-3-7-13-24)17-11-5-10-16-29(43)39-20-28(25-14-8-4-9-15-25)47-36(46)30-31(34(41)44)37(33)19-27(38)32(30)48-37/h3-9,11-15,19,23,26,28,30-33,42H,10,16-18,20-22H2,1-2H3,(H,39,43)/b11-5-/t26-,28+,30+,31-,32+,33+,37-/m1/s1. The minimum absolute atomic E-state index is 0.0520. The second-order valence-corrected chi connectivity index (χ2v) is 14.3. The molecule has 6 rings (SSSR count). The third-order valence-corrected chi connectivity index (χ3v) is 10.4. The summed E-state index contributed by atoms with van der Waals surface area (Å²) in [5.74, 6) is -3.63. The van der Waals surface area contributed by atoms with Gasteiger partial charge in [0.15, 0.2) is 0 Å². The number of halogens is 1. The Morgan fingerprint density at radius 3 is 2.40 bits per heavy atom. The van der Waals surface area contributed by atoms with Gasteiger partial charge in [-0.3, -0.25) is 19.2 Å². The van der Waals surface area contributed by atoms with Crippen LogP contribution in [0.15, 0.2) is 83.4 Å². The van der Waals surface area contributed by atoms with E-state index in [1.807, 2.05) is 86.7 Å². The Bertz CT molecular complexity index is 1580. The van der Waals surface area contributed by atoms with E-state index in [1.165, 1.54) is 4.90 Å². The van der Waals surface area contributed by atoms with Crippen LogP contribution in [0, 0.1) is 17.8 Å². The summed E-state index contributed by atoms with van der Waals surface area (Å²) in [6.07, 6.45) is 4.97. The zero-order valence-electron chi connectivity index (χ0n) is 27.2. The summed E-state index contributed by atoms with van der Waals surface area (Å²) in [5, 5.41) is 13.6. The molecule has 2 fully saturated rings. The number of fused-ring (bicyclic) bond motifs is 2. The number of ether oxygens (including phenoxy) is 2. The molecule has 4 aliphatic heterocycles. The molecule has 2 aromatic carbocycles. The molecule has 2 saturated heterocycles. The number of likely N-dealkylation sites (tertiary alicyclic amines) is 1. The highest BCUT2D eigenvalue weighted by Crippen LogP contribution is 2.59. The number of hydrogen-bond donors (Lipinski definition) is 2. The van der Waals surface area contributed by atoms with E-state index in [2.05, 4.69) is 21.2 Å². The van der Waals surface area contributed by atoms with E-state index in [0.717, 1.165) is 5.56 Å². The summed E-state index contributed by atoms with van der Waals surface area (Å²) < 4.78 is 13.3. The van der Waals surface area contributed by atoms with Crippen molar-refractivity contribution in [1.29, 1.82) is 0 Å². The van der Waals surface area contributed by atoms with Gasteiger partial charge < -0.3 is 29.7 Å². The molecule has 4 heterocycles. The number of cyclic esters (lactones) is 1. The van der Waals surface area contributed by atoms with Gasteiger partial charge in [0.1, 0.15) is 29.8 Å². The second-order valence-electron chi connectivity index (χ2n) is 13.4. The molecule has 4 aliphatic rings. The lowest BCUT2D eigenvalue weighted by Gasteiger charge is -2.39. The van der Waals surface area contributed by atoms with Crippen LogP contribution in [0.1, 0.15) is 50.3 Å². The maximum Gasteiger partial charge on any atom is 0.313 e. The Balaban J connectivity index is 1.46. The number of carbonyl (C=O) groups excluding carboxylic acids is 4. The second kappa shape index (κ2) is 14.4. The summed E-state index contributed by atoms with van der Waals surface area (Å²) in [6.45, 7) is 4.17. The summed E-state index contributed by atoms with van der Waals surface area (Å²) in [5.41, 5.74) is 0.130. The number of amides is 3. The minimum Gasteiger partial charge on any atom is -0.455 e. The van der Waals surface area contributed by atoms with Crippen LogP contribution < -0.4 is 5.32 Å². The van der Waals surface area contributed by atoms with Gasteiger partial charge in [-0.15, -0.1) is 0 Å². The fourth-order valence-electron chi connectivity index (χ4n) is 7.57. The zero-order valence-corrected chi connectivity index (χ0v) is 28.8. The van der Waals surface area contributed by atoms with Gasteiger partial charge in [-0.1, -0.05) is 103 Å². The van der Waals surface area contributed by atoms with Gasteiger partial charge in [0, 0.05) is 24.0 Å². The maximum absolute atomic E-state index is 15.0. The average Bonchev–Trinajstić information content (AvgIpc) is 3.68. The third kappa shape index (κ3) is 6.47. The molecular formula is C37H42BrN3O7. The van der Waals surface area contributed by atoms with Crippen molar-refractivity contribution in [3.63, 3.8) is 0 Å². The van der Waals surface area contributed by atoms with Gasteiger partial charge >= 0.3 is 5.97 Å². The first-order valence-electron chi connectivity index (χ1n) is 16.6. The molecular weight excluding hydrogens is 678 g/mol. The number of carbonyl (C=O) groups is 4. The largest absolute Gasteiger partial charge is 0.455 e. The topological polar surface area (TPSA) is 125 Å². The lowest BCUT2D eigenvalue weighted by Crippen LogP contribution is -2.58. The van der Waals surface area contributed by atoms with Gasteiger partial charge in [-0.05, 0) is 36.0 Å². The fourth-order valence-corrected chi connectivity index (χ4v) is 8.31. The number of allylic oxidation sites excluding steroid dienone is 1. The Morgan fingerprint density at radius 2 is 1.71 bits per heavy atom. The van der Waals surface area contributed by atoms with E-state index in [-0.39, 0.29) is 50.4 Å². The molecule has 254 valence electrons. The number of aliphatic hydroxyl groups is 1. The Labute approximate surface area is 289 Å². The third-order valence-electron chi connectivity index (χ3n) is 9.69. The van der Waals surface area contributed by atoms with Crippen molar-refractivity contribution in [2.45, 2.75) is 69.5 Å². The van der Waals surface area contributed by atoms with Crippen molar-refractivity contribution in [2.24, 2.45) is 17.8 Å². The van der Waals surface area contributed by atoms with Crippen LogP contribution in [0.4, 0.5) is 0 Å². The van der Waals surface area contributed by atoms with E-state index in [9.17, 15) is 24.3 Å². The molecule has 0 aromatic heterocycles. The van der Waals surface area contributed by atoms with E-state index in [1.54, 1.807) is 11.0 Å². The minimum atomic E-state index is -1.46. The average molecular weight is 721 g/mol. The first kappa shape index (κ1) is 34.1. The monoisotopic (exact) mass is 719 g/mol. The molecule has 7 atom stereocenters. The van der Waals surface area contributed by atoms with Crippen LogP contribution in [0.5, 0.6) is 0 Å². The molecule has 11 heteroatoms. The maximum atomic E-state index is 15.0. The van der Waals surface area contributed by atoms with Crippen LogP contribution in [-0.4, -0.2) is 82.1 Å². The van der Waals surface area contributed by atoms with Gasteiger partial charge in [-0.2, -0.15) is 0 Å². The first-order chi connectivity index (χ1) is 23.1. The van der Waals surface area contributed by atoms with Gasteiger partial charge in [0.05, 0.1) is 25.1 Å². The summed E-state index contributed by atoms with van der Waals surface area (Å²) in [4.78, 5) is 59.9. The van der Waals surface area contributed by atoms with Crippen LogP contribution in [0.2, 0.25) is 0 Å². The van der Waals surface area contributed by atoms with Crippen molar-refractivity contribution < 1.29 is 33.8 Å². The highest BCUT2D eigenvalue weighted by molar-refractivity contribution is 9.11. The summed E-state index contributed by atoms with van der Waals surface area (Å²) >= 11 is 3.60. The highest BCUT2D eigenvalue weighted by Gasteiger charge is 2.75. The summed E-state index contributed by atoms with van der Waals surface area (Å²) in [6, 6.07) is 16.9. The van der Waals surface area contributed by atoms with E-state index < -0.39 is 53.6 Å². The van der Waals surface area contributed by atoms with Gasteiger partial charge in [-0.25, -0.2) is 0 Å². The fraction of sp³-hybridized carbons (Fsp3) is 0.459. The molecule has 0 aliphatic carbocycles. The van der Waals surface area contributed by atoms with Crippen molar-refractivity contribution in [1.82, 2.24) is 15.1 Å². The number of esters is 1. The molecule has 2 N–H and O–H groups in total. The van der Waals surface area contributed by atoms with E-state index in [0.29, 0.717) is 22.9 Å². The number of aliphatic hydroxyl groups excluding tert-OH is 1. The number of hydrogen-bond acceptors (Lipinski definition) is 7. The SMILES string of the molecule is CC(C)C[C@H](CO)N1C(=O)[C@H]2[C@@H]3C(=O)O[C@H](c4ccccc4)CNC(=O)CC/C=C\CN(Cc4ccccc4)C(=O)[C@H]1[C@@]21C=C(Br)[C@@H]3O1. The van der Waals surface area contributed by atoms with Crippen LogP contribution >= 0.6 is 15.9 Å². The van der Waals surface area contributed by atoms with Crippen molar-refractivity contribution >= 4 is 39.6 Å². The van der Waals surface area contributed by atoms with Crippen LogP contribution in [-0.2, 0) is 35.2 Å². The van der Waals surface area contributed by atoms with Gasteiger partial charge in [0.2, 0.25) is 17.7 Å². The lowest BCUT2D eigenvalue weighted by atomic mass is 9.74. The molecule has 0 saturated carbocycles. The lowest BCUT2D eigenvalue weighted by molar-refractivity contribution is -0.160. The number of benzene rings is 2. The molecule has 5 bridgehead atoms. The predicted octanol–water partition coefficient (Wildman–Crippen LogP) is 4.05. The van der Waals surface area contributed by atoms with E-state index >= 15 is 0 Å². The Hall–Kier alpha value is -3.80. The number of rotatable bonds is 7. The molecule has 0 radical (unpaired) electrons. The first-order valence-corrected chi connectivity index (χ1v) is 17.4. The van der Waals surface area contributed by atoms with Crippen molar-refractivity contribution in [3.8, 4) is 0 Å². The molecule has 3 amide bonds. The molecule has 0 unspecified atom stereocenters. The van der Waals surface area contributed by atoms with Crippen molar-refractivity contribution in [3.05, 3.63) is 94.5 Å². The Kier molecular flexibility index (Phi) is 10.2. The van der Waals surface area contributed by atoms with E-state index in [4.69, 9.17) is 9.47 Å². The van der Waals surface area contributed by atoms with Crippen molar-refractivity contribution in [2.75, 3.05) is 19.7 Å². The molecule has 10 nitrogen and oxygen atoms in total. The molecule has 1 spiro atoms. The quantitative estimate of drug-likeness (QED) is 0.327.